The molecule has 0 aromatic heterocycles. The molecule has 1 saturated heterocycles. The molecule has 2 nitrogen and oxygen atoms in total. The lowest BCUT2D eigenvalue weighted by atomic mass is 9.88. The number of ketones is 1. The fraction of sp³-hybridized carbons (Fsp3) is 0.533. The van der Waals surface area contributed by atoms with Crippen molar-refractivity contribution in [1.82, 2.24) is 0 Å². The third kappa shape index (κ3) is 2.51. The van der Waals surface area contributed by atoms with E-state index < -0.39 is 0 Å². The van der Waals surface area contributed by atoms with Crippen LogP contribution in [0.2, 0.25) is 0 Å². The third-order valence-electron chi connectivity index (χ3n) is 3.96. The van der Waals surface area contributed by atoms with Gasteiger partial charge in [0.25, 0.3) is 0 Å². The average molecular weight is 231 g/mol. The van der Waals surface area contributed by atoms with E-state index in [1.807, 2.05) is 18.2 Å². The van der Waals surface area contributed by atoms with Gasteiger partial charge in [0, 0.05) is 24.3 Å². The highest BCUT2D eigenvalue weighted by molar-refractivity contribution is 5.99. The smallest absolute Gasteiger partial charge is 0.161 e. The molecule has 92 valence electrons. The summed E-state index contributed by atoms with van der Waals surface area (Å²) in [5.41, 5.74) is 1.97. The zero-order valence-corrected chi connectivity index (χ0v) is 10.9. The van der Waals surface area contributed by atoms with Crippen molar-refractivity contribution in [2.24, 2.45) is 11.8 Å². The maximum absolute atomic E-state index is 11.6. The van der Waals surface area contributed by atoms with Crippen LogP contribution in [-0.4, -0.2) is 18.9 Å². The summed E-state index contributed by atoms with van der Waals surface area (Å²) in [6.07, 6.45) is 1.22. The lowest BCUT2D eigenvalue weighted by molar-refractivity contribution is 0.101. The van der Waals surface area contributed by atoms with E-state index >= 15 is 0 Å². The Hall–Kier alpha value is -1.31. The molecule has 1 aromatic carbocycles. The number of nitrogens with zero attached hydrogens (tertiary/aromatic N) is 1. The largest absolute Gasteiger partial charge is 0.371 e. The van der Waals surface area contributed by atoms with Crippen molar-refractivity contribution in [2.75, 3.05) is 18.0 Å². The van der Waals surface area contributed by atoms with Gasteiger partial charge in [0.2, 0.25) is 0 Å². The first-order valence-electron chi connectivity index (χ1n) is 6.44. The average Bonchev–Trinajstić information content (AvgIpc) is 2.32. The minimum absolute atomic E-state index is 0.159. The Labute approximate surface area is 104 Å². The summed E-state index contributed by atoms with van der Waals surface area (Å²) in [7, 11) is 0. The van der Waals surface area contributed by atoms with E-state index in [2.05, 4.69) is 24.8 Å². The molecule has 2 rings (SSSR count). The van der Waals surface area contributed by atoms with E-state index in [9.17, 15) is 4.79 Å². The summed E-state index contributed by atoms with van der Waals surface area (Å²) in [6.45, 7) is 8.39. The molecule has 0 amide bonds. The molecule has 17 heavy (non-hydrogen) atoms. The Morgan fingerprint density at radius 1 is 1.24 bits per heavy atom. The summed E-state index contributed by atoms with van der Waals surface area (Å²) >= 11 is 0. The van der Waals surface area contributed by atoms with E-state index in [0.29, 0.717) is 5.92 Å². The molecule has 0 saturated carbocycles. The molecule has 2 heteroatoms. The van der Waals surface area contributed by atoms with Crippen molar-refractivity contribution >= 4 is 11.5 Å². The molecule has 1 aliphatic heterocycles. The summed E-state index contributed by atoms with van der Waals surface area (Å²) < 4.78 is 0. The van der Waals surface area contributed by atoms with Gasteiger partial charge in [-0.15, -0.1) is 0 Å². The molecule has 2 unspecified atom stereocenters. The van der Waals surface area contributed by atoms with Crippen molar-refractivity contribution in [3.63, 3.8) is 0 Å². The molecule has 1 aromatic rings. The van der Waals surface area contributed by atoms with Crippen LogP contribution in [0, 0.1) is 11.8 Å². The quantitative estimate of drug-likeness (QED) is 0.727. The zero-order valence-electron chi connectivity index (χ0n) is 10.9. The summed E-state index contributed by atoms with van der Waals surface area (Å²) in [6, 6.07) is 7.96. The lowest BCUT2D eigenvalue weighted by Gasteiger charge is -2.37. The molecule has 0 spiro atoms. The van der Waals surface area contributed by atoms with Crippen molar-refractivity contribution in [2.45, 2.75) is 27.2 Å². The maximum atomic E-state index is 11.6. The number of anilines is 1. The number of Topliss-reactive ketones (excluding diaryl/α,β-unsaturated/α-hetero) is 1. The van der Waals surface area contributed by atoms with Crippen molar-refractivity contribution in [3.8, 4) is 0 Å². The number of carbonyl (C=O) groups is 1. The molecule has 1 aliphatic rings. The monoisotopic (exact) mass is 231 g/mol. The van der Waals surface area contributed by atoms with Crippen LogP contribution in [0.15, 0.2) is 24.3 Å². The highest BCUT2D eigenvalue weighted by Gasteiger charge is 2.24. The predicted molar refractivity (Wildman–Crippen MR) is 71.6 cm³/mol. The minimum atomic E-state index is 0.159. The highest BCUT2D eigenvalue weighted by Crippen LogP contribution is 2.29. The number of hydrogen-bond donors (Lipinski definition) is 0. The van der Waals surface area contributed by atoms with Crippen LogP contribution in [0.1, 0.15) is 37.6 Å². The van der Waals surface area contributed by atoms with Gasteiger partial charge >= 0.3 is 0 Å². The molecule has 0 N–H and O–H groups in total. The van der Waals surface area contributed by atoms with Gasteiger partial charge in [0.15, 0.2) is 5.78 Å². The number of piperidine rings is 1. The van der Waals surface area contributed by atoms with Crippen LogP contribution >= 0.6 is 0 Å². The Balaban J connectivity index is 2.25. The molecular weight excluding hydrogens is 210 g/mol. The number of para-hydroxylation sites is 1. The first-order valence-corrected chi connectivity index (χ1v) is 6.44. The molecular formula is C15H21NO. The van der Waals surface area contributed by atoms with E-state index in [1.54, 1.807) is 6.92 Å². The van der Waals surface area contributed by atoms with E-state index in [-0.39, 0.29) is 5.78 Å². The molecule has 1 heterocycles. The van der Waals surface area contributed by atoms with Crippen LogP contribution in [-0.2, 0) is 0 Å². The van der Waals surface area contributed by atoms with Crippen molar-refractivity contribution in [1.29, 1.82) is 0 Å². The van der Waals surface area contributed by atoms with Gasteiger partial charge in [-0.1, -0.05) is 26.0 Å². The first kappa shape index (κ1) is 12.2. The van der Waals surface area contributed by atoms with Crippen LogP contribution in [0.4, 0.5) is 5.69 Å². The Morgan fingerprint density at radius 2 is 1.94 bits per heavy atom. The number of carbonyl (C=O) groups excluding carboxylic acids is 1. The third-order valence-corrected chi connectivity index (χ3v) is 3.96. The lowest BCUT2D eigenvalue weighted by Crippen LogP contribution is -2.39. The van der Waals surface area contributed by atoms with Gasteiger partial charge < -0.3 is 4.90 Å². The minimum Gasteiger partial charge on any atom is -0.371 e. The SMILES string of the molecule is CC(=O)c1ccccc1N1CCC(C)C(C)C1. The van der Waals surface area contributed by atoms with Gasteiger partial charge in [-0.05, 0) is 37.3 Å². The first-order chi connectivity index (χ1) is 8.09. The van der Waals surface area contributed by atoms with Crippen molar-refractivity contribution < 1.29 is 4.79 Å². The number of rotatable bonds is 2. The van der Waals surface area contributed by atoms with Crippen LogP contribution in [0.5, 0.6) is 0 Å². The molecule has 2 atom stereocenters. The number of benzene rings is 1. The van der Waals surface area contributed by atoms with E-state index in [1.165, 1.54) is 6.42 Å². The van der Waals surface area contributed by atoms with Crippen LogP contribution < -0.4 is 4.90 Å². The maximum Gasteiger partial charge on any atom is 0.161 e. The second-order valence-corrected chi connectivity index (χ2v) is 5.26. The second-order valence-electron chi connectivity index (χ2n) is 5.26. The van der Waals surface area contributed by atoms with Crippen LogP contribution in [0.3, 0.4) is 0 Å². The van der Waals surface area contributed by atoms with Gasteiger partial charge in [-0.3, -0.25) is 4.79 Å². The Kier molecular flexibility index (Phi) is 3.51. The summed E-state index contributed by atoms with van der Waals surface area (Å²) in [5, 5.41) is 0. The normalized spacial score (nSPS) is 24.8. The standard InChI is InChI=1S/C15H21NO/c1-11-8-9-16(10-12(11)2)15-7-5-4-6-14(15)13(3)17/h4-7,11-12H,8-10H2,1-3H3. The van der Waals surface area contributed by atoms with Crippen LogP contribution in [0.25, 0.3) is 0 Å². The summed E-state index contributed by atoms with van der Waals surface area (Å²) in [4.78, 5) is 14.0. The fourth-order valence-electron chi connectivity index (χ4n) is 2.53. The highest BCUT2D eigenvalue weighted by atomic mass is 16.1. The van der Waals surface area contributed by atoms with Gasteiger partial charge in [0.05, 0.1) is 0 Å². The number of hydrogen-bond acceptors (Lipinski definition) is 2. The topological polar surface area (TPSA) is 20.3 Å². The summed E-state index contributed by atoms with van der Waals surface area (Å²) in [5.74, 6) is 1.64. The van der Waals surface area contributed by atoms with Gasteiger partial charge in [-0.25, -0.2) is 0 Å². The van der Waals surface area contributed by atoms with Crippen molar-refractivity contribution in [3.05, 3.63) is 29.8 Å². The zero-order chi connectivity index (χ0) is 12.4. The molecule has 0 aliphatic carbocycles. The van der Waals surface area contributed by atoms with E-state index in [4.69, 9.17) is 0 Å². The van der Waals surface area contributed by atoms with Gasteiger partial charge in [0.1, 0.15) is 0 Å². The molecule has 0 radical (unpaired) electrons. The second kappa shape index (κ2) is 4.91. The fourth-order valence-corrected chi connectivity index (χ4v) is 2.53. The van der Waals surface area contributed by atoms with E-state index in [0.717, 1.165) is 30.3 Å². The molecule has 1 fully saturated rings. The Morgan fingerprint density at radius 3 is 2.59 bits per heavy atom. The van der Waals surface area contributed by atoms with Gasteiger partial charge in [-0.2, -0.15) is 0 Å². The Bertz CT molecular complexity index is 413. The molecule has 0 bridgehead atoms. The predicted octanol–water partition coefficient (Wildman–Crippen LogP) is 3.37.